The SMILES string of the molecule is COc1cccc(C(c2ccccc2)c2ccc(=O)[nH]c2)c1. The average molecular weight is 291 g/mol. The summed E-state index contributed by atoms with van der Waals surface area (Å²) in [6.07, 6.45) is 1.78. The van der Waals surface area contributed by atoms with Gasteiger partial charge in [-0.3, -0.25) is 4.79 Å². The number of hydrogen-bond donors (Lipinski definition) is 1. The molecule has 3 rings (SSSR count). The van der Waals surface area contributed by atoms with E-state index in [9.17, 15) is 4.79 Å². The van der Waals surface area contributed by atoms with E-state index in [1.54, 1.807) is 19.4 Å². The molecule has 0 amide bonds. The second-order valence-electron chi connectivity index (χ2n) is 5.11. The minimum Gasteiger partial charge on any atom is -0.497 e. The summed E-state index contributed by atoms with van der Waals surface area (Å²) < 4.78 is 5.34. The molecule has 3 aromatic rings. The average Bonchev–Trinajstić information content (AvgIpc) is 2.58. The second kappa shape index (κ2) is 6.31. The van der Waals surface area contributed by atoms with Gasteiger partial charge in [-0.2, -0.15) is 0 Å². The first-order valence-corrected chi connectivity index (χ1v) is 7.15. The molecule has 22 heavy (non-hydrogen) atoms. The summed E-state index contributed by atoms with van der Waals surface area (Å²) in [7, 11) is 1.66. The van der Waals surface area contributed by atoms with Gasteiger partial charge in [-0.1, -0.05) is 48.5 Å². The number of ether oxygens (including phenoxy) is 1. The Kier molecular flexibility index (Phi) is 4.05. The zero-order chi connectivity index (χ0) is 15.4. The molecule has 3 nitrogen and oxygen atoms in total. The van der Waals surface area contributed by atoms with Crippen molar-refractivity contribution in [3.8, 4) is 5.75 Å². The van der Waals surface area contributed by atoms with Gasteiger partial charge in [0.1, 0.15) is 5.75 Å². The van der Waals surface area contributed by atoms with E-state index in [1.165, 1.54) is 5.56 Å². The van der Waals surface area contributed by atoms with Gasteiger partial charge < -0.3 is 9.72 Å². The molecule has 0 aliphatic heterocycles. The zero-order valence-corrected chi connectivity index (χ0v) is 12.3. The highest BCUT2D eigenvalue weighted by molar-refractivity contribution is 5.44. The third-order valence-electron chi connectivity index (χ3n) is 3.70. The molecule has 0 spiro atoms. The van der Waals surface area contributed by atoms with Crippen molar-refractivity contribution in [1.29, 1.82) is 0 Å². The van der Waals surface area contributed by atoms with Crippen LogP contribution in [0.2, 0.25) is 0 Å². The molecule has 2 aromatic carbocycles. The van der Waals surface area contributed by atoms with Gasteiger partial charge >= 0.3 is 0 Å². The van der Waals surface area contributed by atoms with Crippen molar-refractivity contribution in [2.75, 3.05) is 7.11 Å². The topological polar surface area (TPSA) is 42.1 Å². The number of nitrogens with one attached hydrogen (secondary N) is 1. The van der Waals surface area contributed by atoms with Gasteiger partial charge in [0, 0.05) is 18.2 Å². The number of benzene rings is 2. The third kappa shape index (κ3) is 2.93. The van der Waals surface area contributed by atoms with Crippen LogP contribution in [0.25, 0.3) is 0 Å². The standard InChI is InChI=1S/C19H17NO2/c1-22-17-9-5-8-15(12-17)19(14-6-3-2-4-7-14)16-10-11-18(21)20-13-16/h2-13,19H,1H3,(H,20,21). The van der Waals surface area contributed by atoms with Crippen molar-refractivity contribution in [3.63, 3.8) is 0 Å². The van der Waals surface area contributed by atoms with Crippen molar-refractivity contribution in [1.82, 2.24) is 4.98 Å². The Morgan fingerprint density at radius 3 is 2.32 bits per heavy atom. The summed E-state index contributed by atoms with van der Waals surface area (Å²) in [6.45, 7) is 0. The molecule has 1 heterocycles. The van der Waals surface area contributed by atoms with Crippen LogP contribution in [0.3, 0.4) is 0 Å². The van der Waals surface area contributed by atoms with E-state index in [4.69, 9.17) is 4.74 Å². The number of H-pyrrole nitrogens is 1. The normalized spacial score (nSPS) is 11.9. The van der Waals surface area contributed by atoms with Gasteiger partial charge in [0.05, 0.1) is 7.11 Å². The van der Waals surface area contributed by atoms with Crippen molar-refractivity contribution in [3.05, 3.63) is 100.0 Å². The quantitative estimate of drug-likeness (QED) is 0.798. The van der Waals surface area contributed by atoms with E-state index in [1.807, 2.05) is 42.5 Å². The minimum atomic E-state index is -0.0961. The minimum absolute atomic E-state index is 0.0492. The third-order valence-corrected chi connectivity index (χ3v) is 3.70. The second-order valence-corrected chi connectivity index (χ2v) is 5.11. The summed E-state index contributed by atoms with van der Waals surface area (Å²) in [6, 6.07) is 21.7. The largest absolute Gasteiger partial charge is 0.497 e. The van der Waals surface area contributed by atoms with Crippen LogP contribution in [0, 0.1) is 0 Å². The number of pyridine rings is 1. The lowest BCUT2D eigenvalue weighted by molar-refractivity contribution is 0.414. The Hall–Kier alpha value is -2.81. The summed E-state index contributed by atoms with van der Waals surface area (Å²) in [4.78, 5) is 14.1. The molecular weight excluding hydrogens is 274 g/mol. The maximum absolute atomic E-state index is 11.3. The summed E-state index contributed by atoms with van der Waals surface area (Å²) in [5.41, 5.74) is 3.24. The molecular formula is C19H17NO2. The lowest BCUT2D eigenvalue weighted by atomic mass is 9.86. The number of aromatic amines is 1. The fourth-order valence-electron chi connectivity index (χ4n) is 2.65. The van der Waals surface area contributed by atoms with Gasteiger partial charge in [0.2, 0.25) is 5.56 Å². The first-order chi connectivity index (χ1) is 10.8. The first-order valence-electron chi connectivity index (χ1n) is 7.15. The predicted molar refractivity (Wildman–Crippen MR) is 87.4 cm³/mol. The van der Waals surface area contributed by atoms with Crippen molar-refractivity contribution in [2.24, 2.45) is 0 Å². The van der Waals surface area contributed by atoms with Crippen LogP contribution in [0.4, 0.5) is 0 Å². The fraction of sp³-hybridized carbons (Fsp3) is 0.105. The van der Waals surface area contributed by atoms with E-state index in [2.05, 4.69) is 23.2 Å². The van der Waals surface area contributed by atoms with Gasteiger partial charge in [-0.25, -0.2) is 0 Å². The van der Waals surface area contributed by atoms with Crippen molar-refractivity contribution >= 4 is 0 Å². The summed E-state index contributed by atoms with van der Waals surface area (Å²) in [5.74, 6) is 0.871. The van der Waals surface area contributed by atoms with Crippen LogP contribution in [-0.4, -0.2) is 12.1 Å². The number of rotatable bonds is 4. The molecule has 1 aromatic heterocycles. The maximum atomic E-state index is 11.3. The Morgan fingerprint density at radius 1 is 0.864 bits per heavy atom. The molecule has 1 N–H and O–H groups in total. The van der Waals surface area contributed by atoms with Gasteiger partial charge in [0.15, 0.2) is 0 Å². The van der Waals surface area contributed by atoms with Gasteiger partial charge in [-0.15, -0.1) is 0 Å². The van der Waals surface area contributed by atoms with Crippen LogP contribution in [0.5, 0.6) is 5.75 Å². The van der Waals surface area contributed by atoms with Crippen molar-refractivity contribution < 1.29 is 4.74 Å². The van der Waals surface area contributed by atoms with Crippen LogP contribution >= 0.6 is 0 Å². The molecule has 0 bridgehead atoms. The molecule has 0 saturated carbocycles. The Balaban J connectivity index is 2.14. The fourth-order valence-corrected chi connectivity index (χ4v) is 2.65. The summed E-state index contributed by atoms with van der Waals surface area (Å²) in [5, 5.41) is 0. The molecule has 3 heteroatoms. The molecule has 0 radical (unpaired) electrons. The predicted octanol–water partition coefficient (Wildman–Crippen LogP) is 3.56. The number of hydrogen-bond acceptors (Lipinski definition) is 2. The van der Waals surface area contributed by atoms with E-state index < -0.39 is 0 Å². The highest BCUT2D eigenvalue weighted by Gasteiger charge is 2.17. The van der Waals surface area contributed by atoms with Crippen LogP contribution in [-0.2, 0) is 0 Å². The smallest absolute Gasteiger partial charge is 0.247 e. The van der Waals surface area contributed by atoms with E-state index in [-0.39, 0.29) is 11.5 Å². The molecule has 1 atom stereocenters. The Bertz CT molecular complexity index is 788. The molecule has 0 fully saturated rings. The zero-order valence-electron chi connectivity index (χ0n) is 12.3. The maximum Gasteiger partial charge on any atom is 0.247 e. The van der Waals surface area contributed by atoms with Crippen molar-refractivity contribution in [2.45, 2.75) is 5.92 Å². The van der Waals surface area contributed by atoms with E-state index in [0.29, 0.717) is 0 Å². The van der Waals surface area contributed by atoms with Crippen LogP contribution in [0.1, 0.15) is 22.6 Å². The molecule has 0 aliphatic rings. The number of methoxy groups -OCH3 is 1. The summed E-state index contributed by atoms with van der Waals surface area (Å²) >= 11 is 0. The molecule has 1 unspecified atom stereocenters. The van der Waals surface area contributed by atoms with Crippen LogP contribution in [0.15, 0.2) is 77.7 Å². The Morgan fingerprint density at radius 2 is 1.64 bits per heavy atom. The molecule has 110 valence electrons. The lowest BCUT2D eigenvalue weighted by Gasteiger charge is -2.19. The van der Waals surface area contributed by atoms with Gasteiger partial charge in [0.25, 0.3) is 0 Å². The molecule has 0 saturated heterocycles. The van der Waals surface area contributed by atoms with Gasteiger partial charge in [-0.05, 0) is 28.8 Å². The lowest BCUT2D eigenvalue weighted by Crippen LogP contribution is -2.08. The monoisotopic (exact) mass is 291 g/mol. The molecule has 0 aliphatic carbocycles. The van der Waals surface area contributed by atoms with E-state index >= 15 is 0 Å². The van der Waals surface area contributed by atoms with E-state index in [0.717, 1.165) is 16.9 Å². The highest BCUT2D eigenvalue weighted by Crippen LogP contribution is 2.32. The van der Waals surface area contributed by atoms with Crippen LogP contribution < -0.4 is 10.3 Å². The number of aromatic nitrogens is 1. The first kappa shape index (κ1) is 14.1. The Labute approximate surface area is 129 Å². The highest BCUT2D eigenvalue weighted by atomic mass is 16.5.